The minimum atomic E-state index is -4.38. The van der Waals surface area contributed by atoms with Crippen molar-refractivity contribution < 1.29 is 18.0 Å². The fourth-order valence-electron chi connectivity index (χ4n) is 1.71. The largest absolute Gasteiger partial charge is 0.416 e. The van der Waals surface area contributed by atoms with Crippen molar-refractivity contribution in [3.8, 4) is 11.1 Å². The predicted octanol–water partition coefficient (Wildman–Crippen LogP) is 5.40. The van der Waals surface area contributed by atoms with Gasteiger partial charge in [0.2, 0.25) is 0 Å². The molecule has 0 radical (unpaired) electrons. The molecule has 2 rings (SSSR count). The first kappa shape index (κ1) is 14.9. The molecular weight excluding hydrogens is 312 g/mol. The van der Waals surface area contributed by atoms with Crippen LogP contribution in [0, 0.1) is 0 Å². The maximum absolute atomic E-state index is 12.5. The van der Waals surface area contributed by atoms with E-state index in [9.17, 15) is 18.0 Å². The second-order valence-electron chi connectivity index (χ2n) is 4.04. The first-order valence-corrected chi connectivity index (χ1v) is 6.21. The van der Waals surface area contributed by atoms with Crippen molar-refractivity contribution in [2.24, 2.45) is 0 Å². The third-order valence-electron chi connectivity index (χ3n) is 2.72. The fraction of sp³-hybridized carbons (Fsp3) is 0.0714. The second kappa shape index (κ2) is 5.46. The monoisotopic (exact) mass is 318 g/mol. The summed E-state index contributed by atoms with van der Waals surface area (Å²) in [5.74, 6) is 0. The number of hydrogen-bond donors (Lipinski definition) is 0. The topological polar surface area (TPSA) is 17.1 Å². The van der Waals surface area contributed by atoms with Gasteiger partial charge in [0.25, 0.3) is 5.24 Å². The number of hydrogen-bond acceptors (Lipinski definition) is 1. The van der Waals surface area contributed by atoms with Crippen LogP contribution >= 0.6 is 23.2 Å². The van der Waals surface area contributed by atoms with Gasteiger partial charge in [0.15, 0.2) is 0 Å². The van der Waals surface area contributed by atoms with E-state index in [2.05, 4.69) is 0 Å². The summed E-state index contributed by atoms with van der Waals surface area (Å²) in [6.45, 7) is 0. The fourth-order valence-corrected chi connectivity index (χ4v) is 2.12. The molecule has 0 N–H and O–H groups in total. The van der Waals surface area contributed by atoms with E-state index in [-0.39, 0.29) is 10.6 Å². The molecule has 0 saturated carbocycles. The molecule has 0 atom stereocenters. The molecule has 2 aromatic rings. The molecule has 0 fully saturated rings. The van der Waals surface area contributed by atoms with Gasteiger partial charge in [0, 0.05) is 16.1 Å². The van der Waals surface area contributed by atoms with Gasteiger partial charge in [-0.2, -0.15) is 13.2 Å². The van der Waals surface area contributed by atoms with Crippen LogP contribution in [0.25, 0.3) is 11.1 Å². The first-order valence-electron chi connectivity index (χ1n) is 5.46. The molecule has 0 bridgehead atoms. The summed E-state index contributed by atoms with van der Waals surface area (Å²) in [5.41, 5.74) is 0.552. The van der Waals surface area contributed by atoms with E-state index in [0.29, 0.717) is 11.1 Å². The van der Waals surface area contributed by atoms with Crippen LogP contribution in [0.5, 0.6) is 0 Å². The average Bonchev–Trinajstić information content (AvgIpc) is 2.37. The molecule has 0 saturated heterocycles. The van der Waals surface area contributed by atoms with Crippen LogP contribution < -0.4 is 0 Å². The predicted molar refractivity (Wildman–Crippen MR) is 72.1 cm³/mol. The average molecular weight is 319 g/mol. The van der Waals surface area contributed by atoms with Gasteiger partial charge in [-0.15, -0.1) is 0 Å². The van der Waals surface area contributed by atoms with E-state index >= 15 is 0 Å². The molecule has 1 nitrogen and oxygen atoms in total. The normalized spacial score (nSPS) is 11.4. The van der Waals surface area contributed by atoms with Gasteiger partial charge in [0.1, 0.15) is 0 Å². The van der Waals surface area contributed by atoms with Crippen molar-refractivity contribution in [3.63, 3.8) is 0 Å². The highest BCUT2D eigenvalue weighted by Crippen LogP contribution is 2.33. The van der Waals surface area contributed by atoms with E-state index in [1.54, 1.807) is 6.07 Å². The van der Waals surface area contributed by atoms with Crippen LogP contribution in [0.4, 0.5) is 13.2 Å². The van der Waals surface area contributed by atoms with Crippen LogP contribution in [0.1, 0.15) is 15.9 Å². The van der Waals surface area contributed by atoms with Crippen molar-refractivity contribution in [2.75, 3.05) is 0 Å². The Morgan fingerprint density at radius 1 is 1.00 bits per heavy atom. The summed E-state index contributed by atoms with van der Waals surface area (Å²) < 4.78 is 37.4. The Morgan fingerprint density at radius 2 is 1.60 bits per heavy atom. The molecule has 0 aliphatic rings. The zero-order valence-corrected chi connectivity index (χ0v) is 11.4. The summed E-state index contributed by atoms with van der Waals surface area (Å²) in [6.07, 6.45) is -4.38. The van der Waals surface area contributed by atoms with Gasteiger partial charge in [0.05, 0.1) is 5.56 Å². The summed E-state index contributed by atoms with van der Waals surface area (Å²) >= 11 is 11.3. The van der Waals surface area contributed by atoms with Gasteiger partial charge in [-0.3, -0.25) is 4.79 Å². The van der Waals surface area contributed by atoms with E-state index in [1.807, 2.05) is 0 Å². The lowest BCUT2D eigenvalue weighted by Crippen LogP contribution is -2.04. The number of carbonyl (C=O) groups is 1. The second-order valence-corrected chi connectivity index (χ2v) is 4.79. The quantitative estimate of drug-likeness (QED) is 0.677. The van der Waals surface area contributed by atoms with Crippen LogP contribution in [0.2, 0.25) is 5.02 Å². The molecule has 0 unspecified atom stereocenters. The van der Waals surface area contributed by atoms with Crippen LogP contribution in [0.3, 0.4) is 0 Å². The summed E-state index contributed by atoms with van der Waals surface area (Å²) in [4.78, 5) is 11.0. The third-order valence-corrected chi connectivity index (χ3v) is 3.25. The van der Waals surface area contributed by atoms with E-state index < -0.39 is 17.0 Å². The van der Waals surface area contributed by atoms with Gasteiger partial charge >= 0.3 is 6.18 Å². The Labute approximate surface area is 122 Å². The van der Waals surface area contributed by atoms with Crippen LogP contribution in [-0.4, -0.2) is 5.24 Å². The van der Waals surface area contributed by atoms with Gasteiger partial charge in [-0.1, -0.05) is 29.8 Å². The number of rotatable bonds is 2. The van der Waals surface area contributed by atoms with Crippen LogP contribution in [-0.2, 0) is 6.18 Å². The Balaban J connectivity index is 2.40. The van der Waals surface area contributed by atoms with Gasteiger partial charge in [-0.05, 0) is 41.4 Å². The maximum Gasteiger partial charge on any atom is 0.416 e. The lowest BCUT2D eigenvalue weighted by molar-refractivity contribution is -0.137. The lowest BCUT2D eigenvalue weighted by Gasteiger charge is -2.09. The number of benzene rings is 2. The number of halogens is 5. The molecule has 0 aromatic heterocycles. The van der Waals surface area contributed by atoms with Crippen molar-refractivity contribution in [2.45, 2.75) is 6.18 Å². The Bertz CT molecular complexity index is 648. The molecule has 20 heavy (non-hydrogen) atoms. The summed E-state index contributed by atoms with van der Waals surface area (Å²) in [7, 11) is 0. The SMILES string of the molecule is O=C(Cl)c1ccc(-c2ccc(C(F)(F)F)cc2)c(Cl)c1. The third kappa shape index (κ3) is 3.14. The molecule has 104 valence electrons. The highest BCUT2D eigenvalue weighted by molar-refractivity contribution is 6.67. The minimum absolute atomic E-state index is 0.229. The number of carbonyl (C=O) groups excluding carboxylic acids is 1. The zero-order chi connectivity index (χ0) is 14.9. The summed E-state index contributed by atoms with van der Waals surface area (Å²) in [6, 6.07) is 9.00. The molecule has 0 heterocycles. The van der Waals surface area contributed by atoms with Gasteiger partial charge < -0.3 is 0 Å². The molecule has 0 spiro atoms. The Morgan fingerprint density at radius 3 is 2.05 bits per heavy atom. The molecule has 0 aliphatic heterocycles. The van der Waals surface area contributed by atoms with E-state index in [1.165, 1.54) is 24.3 Å². The van der Waals surface area contributed by atoms with Crippen molar-refractivity contribution in [1.29, 1.82) is 0 Å². The Hall–Kier alpha value is -1.52. The highest BCUT2D eigenvalue weighted by Gasteiger charge is 2.30. The van der Waals surface area contributed by atoms with Crippen LogP contribution in [0.15, 0.2) is 42.5 Å². The van der Waals surface area contributed by atoms with E-state index in [0.717, 1.165) is 12.1 Å². The first-order chi connectivity index (χ1) is 9.29. The van der Waals surface area contributed by atoms with Gasteiger partial charge in [-0.25, -0.2) is 0 Å². The molecule has 6 heteroatoms. The highest BCUT2D eigenvalue weighted by atomic mass is 35.5. The Kier molecular flexibility index (Phi) is 4.06. The van der Waals surface area contributed by atoms with Crippen molar-refractivity contribution >= 4 is 28.4 Å². The van der Waals surface area contributed by atoms with Crippen molar-refractivity contribution in [1.82, 2.24) is 0 Å². The molecular formula is C14H7Cl2F3O. The van der Waals surface area contributed by atoms with E-state index in [4.69, 9.17) is 23.2 Å². The molecule has 2 aromatic carbocycles. The molecule has 0 amide bonds. The lowest BCUT2D eigenvalue weighted by atomic mass is 10.0. The number of alkyl halides is 3. The maximum atomic E-state index is 12.5. The summed E-state index contributed by atoms with van der Waals surface area (Å²) in [5, 5.41) is -0.401. The smallest absolute Gasteiger partial charge is 0.276 e. The standard InChI is InChI=1S/C14H7Cl2F3O/c15-12-7-9(13(16)20)3-6-11(12)8-1-4-10(5-2-8)14(17,18)19/h1-7H. The minimum Gasteiger partial charge on any atom is -0.276 e. The van der Waals surface area contributed by atoms with Crippen molar-refractivity contribution in [3.05, 3.63) is 58.6 Å². The molecule has 0 aliphatic carbocycles. The zero-order valence-electron chi connectivity index (χ0n) is 9.84.